The molecule has 2 aromatic heterocycles. The summed E-state index contributed by atoms with van der Waals surface area (Å²) in [5.41, 5.74) is 6.16. The molecule has 1 unspecified atom stereocenters. The Morgan fingerprint density at radius 3 is 2.42 bits per heavy atom. The van der Waals surface area contributed by atoms with Crippen LogP contribution in [0.5, 0.6) is 11.5 Å². The molecule has 0 saturated carbocycles. The van der Waals surface area contributed by atoms with Gasteiger partial charge in [0.1, 0.15) is 0 Å². The Morgan fingerprint density at radius 1 is 1.00 bits per heavy atom. The molecular formula is C26H25N3O3S. The van der Waals surface area contributed by atoms with Gasteiger partial charge in [0.05, 0.1) is 42.7 Å². The first-order chi connectivity index (χ1) is 16.0. The number of fused-ring (bicyclic) bond motifs is 2. The van der Waals surface area contributed by atoms with Crippen molar-refractivity contribution in [2.24, 2.45) is 0 Å². The Bertz CT molecular complexity index is 1350. The van der Waals surface area contributed by atoms with Crippen molar-refractivity contribution < 1.29 is 14.3 Å². The van der Waals surface area contributed by atoms with Crippen LogP contribution in [0.1, 0.15) is 43.8 Å². The Morgan fingerprint density at radius 2 is 1.73 bits per heavy atom. The van der Waals surface area contributed by atoms with E-state index >= 15 is 0 Å². The van der Waals surface area contributed by atoms with Gasteiger partial charge in [-0.1, -0.05) is 6.07 Å². The summed E-state index contributed by atoms with van der Waals surface area (Å²) in [6, 6.07) is 13.5. The largest absolute Gasteiger partial charge is 0.493 e. The quantitative estimate of drug-likeness (QED) is 0.424. The average Bonchev–Trinajstić information content (AvgIpc) is 3.37. The second-order valence-corrected chi connectivity index (χ2v) is 9.15. The van der Waals surface area contributed by atoms with Gasteiger partial charge >= 0.3 is 0 Å². The van der Waals surface area contributed by atoms with E-state index in [4.69, 9.17) is 9.47 Å². The molecule has 1 aliphatic heterocycles. The van der Waals surface area contributed by atoms with Gasteiger partial charge in [-0.2, -0.15) is 0 Å². The summed E-state index contributed by atoms with van der Waals surface area (Å²) in [6.45, 7) is 4.49. The normalized spacial score (nSPS) is 15.4. The molecule has 0 N–H and O–H groups in total. The van der Waals surface area contributed by atoms with Gasteiger partial charge in [0.2, 0.25) is 0 Å². The molecule has 7 heteroatoms. The molecule has 168 valence electrons. The molecule has 0 radical (unpaired) electrons. The predicted octanol–water partition coefficient (Wildman–Crippen LogP) is 5.11. The highest BCUT2D eigenvalue weighted by Crippen LogP contribution is 2.42. The number of rotatable bonds is 4. The van der Waals surface area contributed by atoms with Gasteiger partial charge in [-0.3, -0.25) is 4.79 Å². The molecule has 1 amide bonds. The van der Waals surface area contributed by atoms with Crippen molar-refractivity contribution >= 4 is 28.3 Å². The van der Waals surface area contributed by atoms with Crippen molar-refractivity contribution in [2.75, 3.05) is 20.8 Å². The monoisotopic (exact) mass is 459 g/mol. The van der Waals surface area contributed by atoms with E-state index in [0.717, 1.165) is 39.3 Å². The first-order valence-electron chi connectivity index (χ1n) is 10.8. The van der Waals surface area contributed by atoms with Crippen LogP contribution in [0.4, 0.5) is 0 Å². The van der Waals surface area contributed by atoms with E-state index in [9.17, 15) is 4.79 Å². The lowest BCUT2D eigenvalue weighted by atomic mass is 9.90. The fourth-order valence-electron chi connectivity index (χ4n) is 4.45. The van der Waals surface area contributed by atoms with Crippen LogP contribution in [0.3, 0.4) is 0 Å². The van der Waals surface area contributed by atoms with Gasteiger partial charge in [-0.05, 0) is 73.2 Å². The van der Waals surface area contributed by atoms with E-state index < -0.39 is 0 Å². The van der Waals surface area contributed by atoms with Crippen molar-refractivity contribution in [3.63, 3.8) is 0 Å². The van der Waals surface area contributed by atoms with E-state index in [1.807, 2.05) is 60.5 Å². The number of benzene rings is 2. The molecule has 0 fully saturated rings. The van der Waals surface area contributed by atoms with Crippen molar-refractivity contribution in [3.8, 4) is 11.5 Å². The number of amides is 1. The second-order valence-electron chi connectivity index (χ2n) is 8.17. The number of aromatic nitrogens is 2. The minimum atomic E-state index is -0.192. The van der Waals surface area contributed by atoms with Crippen LogP contribution < -0.4 is 9.47 Å². The molecular weight excluding hydrogens is 434 g/mol. The van der Waals surface area contributed by atoms with Crippen molar-refractivity contribution in [1.29, 1.82) is 0 Å². The standard InChI is InChI=1S/C26H25N3O3S/c1-15-16(2)28-21-12-18(7-8-20(21)27-15)26(30)29-10-9-17-13-22(31-3)23(32-4)14-19(17)25(29)24-6-5-11-33-24/h5-8,11-14,25H,9-10H2,1-4H3. The van der Waals surface area contributed by atoms with Crippen LogP contribution in [0, 0.1) is 13.8 Å². The van der Waals surface area contributed by atoms with Gasteiger partial charge in [0.15, 0.2) is 11.5 Å². The maximum absolute atomic E-state index is 13.8. The maximum atomic E-state index is 13.8. The summed E-state index contributed by atoms with van der Waals surface area (Å²) in [7, 11) is 3.28. The van der Waals surface area contributed by atoms with Gasteiger partial charge in [-0.15, -0.1) is 11.3 Å². The zero-order valence-electron chi connectivity index (χ0n) is 19.1. The van der Waals surface area contributed by atoms with Crippen LogP contribution in [0.15, 0.2) is 47.8 Å². The summed E-state index contributed by atoms with van der Waals surface area (Å²) in [4.78, 5) is 26.1. The van der Waals surface area contributed by atoms with Gasteiger partial charge in [0.25, 0.3) is 5.91 Å². The van der Waals surface area contributed by atoms with Crippen LogP contribution >= 0.6 is 11.3 Å². The predicted molar refractivity (Wildman–Crippen MR) is 129 cm³/mol. The minimum Gasteiger partial charge on any atom is -0.493 e. The molecule has 33 heavy (non-hydrogen) atoms. The minimum absolute atomic E-state index is 0.0178. The number of hydrogen-bond donors (Lipinski definition) is 0. The Balaban J connectivity index is 1.59. The summed E-state index contributed by atoms with van der Waals surface area (Å²) >= 11 is 1.65. The molecule has 0 aliphatic carbocycles. The van der Waals surface area contributed by atoms with E-state index in [1.54, 1.807) is 25.6 Å². The Hall–Kier alpha value is -3.45. The lowest BCUT2D eigenvalue weighted by Crippen LogP contribution is -2.40. The molecule has 5 rings (SSSR count). The molecule has 3 heterocycles. The highest BCUT2D eigenvalue weighted by Gasteiger charge is 2.34. The Labute approximate surface area is 196 Å². The number of nitrogens with zero attached hydrogens (tertiary/aromatic N) is 3. The van der Waals surface area contributed by atoms with E-state index in [-0.39, 0.29) is 11.9 Å². The lowest BCUT2D eigenvalue weighted by molar-refractivity contribution is 0.0697. The van der Waals surface area contributed by atoms with Gasteiger partial charge < -0.3 is 14.4 Å². The summed E-state index contributed by atoms with van der Waals surface area (Å²) in [6.07, 6.45) is 0.745. The zero-order valence-corrected chi connectivity index (χ0v) is 19.9. The number of hydrogen-bond acceptors (Lipinski definition) is 6. The highest BCUT2D eigenvalue weighted by molar-refractivity contribution is 7.10. The lowest BCUT2D eigenvalue weighted by Gasteiger charge is -2.37. The highest BCUT2D eigenvalue weighted by atomic mass is 32.1. The van der Waals surface area contributed by atoms with E-state index in [1.165, 1.54) is 5.56 Å². The van der Waals surface area contributed by atoms with Crippen LogP contribution in [-0.4, -0.2) is 41.5 Å². The number of methoxy groups -OCH3 is 2. The van der Waals surface area contributed by atoms with Crippen molar-refractivity contribution in [3.05, 3.63) is 80.8 Å². The zero-order chi connectivity index (χ0) is 23.1. The maximum Gasteiger partial charge on any atom is 0.254 e. The third-order valence-electron chi connectivity index (χ3n) is 6.27. The topological polar surface area (TPSA) is 64.6 Å². The van der Waals surface area contributed by atoms with Crippen molar-refractivity contribution in [1.82, 2.24) is 14.9 Å². The third kappa shape index (κ3) is 3.72. The molecule has 0 bridgehead atoms. The molecule has 4 aromatic rings. The molecule has 0 spiro atoms. The van der Waals surface area contributed by atoms with Crippen LogP contribution in [-0.2, 0) is 6.42 Å². The summed E-state index contributed by atoms with van der Waals surface area (Å²) < 4.78 is 11.1. The van der Waals surface area contributed by atoms with Gasteiger partial charge in [0, 0.05) is 17.0 Å². The van der Waals surface area contributed by atoms with Gasteiger partial charge in [-0.25, -0.2) is 9.97 Å². The van der Waals surface area contributed by atoms with Crippen LogP contribution in [0.2, 0.25) is 0 Å². The number of carbonyl (C=O) groups excluding carboxylic acids is 1. The smallest absolute Gasteiger partial charge is 0.254 e. The first-order valence-corrected chi connectivity index (χ1v) is 11.7. The molecule has 6 nitrogen and oxygen atoms in total. The van der Waals surface area contributed by atoms with Crippen molar-refractivity contribution in [2.45, 2.75) is 26.3 Å². The summed E-state index contributed by atoms with van der Waals surface area (Å²) in [5.74, 6) is 1.36. The number of thiophene rings is 1. The Kier molecular flexibility index (Phi) is 5.50. The molecule has 1 atom stereocenters. The third-order valence-corrected chi connectivity index (χ3v) is 7.19. The van der Waals surface area contributed by atoms with Crippen LogP contribution in [0.25, 0.3) is 11.0 Å². The number of ether oxygens (including phenoxy) is 2. The number of carbonyl (C=O) groups is 1. The fourth-order valence-corrected chi connectivity index (χ4v) is 5.30. The molecule has 0 saturated heterocycles. The second kappa shape index (κ2) is 8.48. The average molecular weight is 460 g/mol. The van der Waals surface area contributed by atoms with E-state index in [2.05, 4.69) is 16.0 Å². The molecule has 2 aromatic carbocycles. The molecule has 1 aliphatic rings. The number of aryl methyl sites for hydroxylation is 2. The summed E-state index contributed by atoms with van der Waals surface area (Å²) in [5, 5.41) is 2.05. The fraction of sp³-hybridized carbons (Fsp3) is 0.269. The first kappa shape index (κ1) is 21.4. The van der Waals surface area contributed by atoms with E-state index in [0.29, 0.717) is 23.6 Å². The SMILES string of the molecule is COc1cc2c(cc1OC)C(c1cccs1)N(C(=O)c1ccc3nc(C)c(C)nc3c1)CC2.